The third-order valence-corrected chi connectivity index (χ3v) is 4.31. The maximum atomic E-state index is 6.07. The molecule has 4 heteroatoms. The van der Waals surface area contributed by atoms with Gasteiger partial charge in [0, 0.05) is 12.7 Å². The van der Waals surface area contributed by atoms with Crippen LogP contribution in [0.4, 0.5) is 5.69 Å². The topological polar surface area (TPSA) is 30.5 Å². The summed E-state index contributed by atoms with van der Waals surface area (Å²) in [4.78, 5) is 0. The van der Waals surface area contributed by atoms with Crippen LogP contribution in [-0.4, -0.2) is 25.4 Å². The van der Waals surface area contributed by atoms with E-state index in [1.165, 1.54) is 5.56 Å². The van der Waals surface area contributed by atoms with Gasteiger partial charge in [0.15, 0.2) is 0 Å². The molecule has 0 spiro atoms. The van der Waals surface area contributed by atoms with Crippen LogP contribution in [-0.2, 0) is 15.7 Å². The monoisotopic (exact) mass is 261 g/mol. The van der Waals surface area contributed by atoms with Crippen molar-refractivity contribution < 1.29 is 9.31 Å². The van der Waals surface area contributed by atoms with Gasteiger partial charge in [-0.1, -0.05) is 19.1 Å². The van der Waals surface area contributed by atoms with Crippen molar-refractivity contribution in [2.75, 3.05) is 12.4 Å². The largest absolute Gasteiger partial charge is 0.494 e. The molecular formula is C15H24BNO2. The van der Waals surface area contributed by atoms with Crippen LogP contribution in [0.2, 0.25) is 0 Å². The number of anilines is 1. The lowest BCUT2D eigenvalue weighted by Crippen LogP contribution is -2.41. The van der Waals surface area contributed by atoms with Crippen molar-refractivity contribution in [1.82, 2.24) is 0 Å². The molecule has 0 aromatic heterocycles. The summed E-state index contributed by atoms with van der Waals surface area (Å²) in [6.07, 6.45) is 1.01. The first-order chi connectivity index (χ1) is 8.80. The summed E-state index contributed by atoms with van der Waals surface area (Å²) in [5, 5.41) is 3.24. The lowest BCUT2D eigenvalue weighted by Gasteiger charge is -2.32. The second kappa shape index (κ2) is 4.84. The van der Waals surface area contributed by atoms with Crippen molar-refractivity contribution in [3.05, 3.63) is 23.8 Å². The van der Waals surface area contributed by atoms with Gasteiger partial charge in [-0.15, -0.1) is 0 Å². The number of benzene rings is 1. The van der Waals surface area contributed by atoms with Crippen LogP contribution < -0.4 is 10.8 Å². The van der Waals surface area contributed by atoms with Crippen LogP contribution in [0.15, 0.2) is 18.2 Å². The Hall–Kier alpha value is -0.995. The van der Waals surface area contributed by atoms with Gasteiger partial charge >= 0.3 is 7.12 Å². The van der Waals surface area contributed by atoms with Gasteiger partial charge in [0.2, 0.25) is 0 Å². The van der Waals surface area contributed by atoms with Gasteiger partial charge < -0.3 is 14.6 Å². The molecule has 0 bridgehead atoms. The minimum atomic E-state index is -0.291. The van der Waals surface area contributed by atoms with E-state index in [1.807, 2.05) is 7.05 Å². The summed E-state index contributed by atoms with van der Waals surface area (Å²) in [6.45, 7) is 10.5. The molecule has 1 aliphatic rings. The molecule has 1 aliphatic heterocycles. The second-order valence-electron chi connectivity index (χ2n) is 6.11. The molecule has 3 nitrogen and oxygen atoms in total. The lowest BCUT2D eigenvalue weighted by molar-refractivity contribution is 0.00578. The maximum Gasteiger partial charge on any atom is 0.494 e. The summed E-state index contributed by atoms with van der Waals surface area (Å²) in [6, 6.07) is 6.37. The quantitative estimate of drug-likeness (QED) is 0.848. The van der Waals surface area contributed by atoms with E-state index in [0.717, 1.165) is 17.6 Å². The molecular weight excluding hydrogens is 237 g/mol. The number of rotatable bonds is 3. The molecule has 104 valence electrons. The van der Waals surface area contributed by atoms with Crippen molar-refractivity contribution in [3.8, 4) is 0 Å². The zero-order chi connectivity index (χ0) is 14.3. The Balaban J connectivity index is 2.30. The molecule has 0 unspecified atom stereocenters. The molecule has 1 heterocycles. The van der Waals surface area contributed by atoms with Gasteiger partial charge in [0.1, 0.15) is 0 Å². The smallest absolute Gasteiger partial charge is 0.399 e. The fourth-order valence-corrected chi connectivity index (χ4v) is 2.26. The minimum Gasteiger partial charge on any atom is -0.399 e. The van der Waals surface area contributed by atoms with E-state index in [0.29, 0.717) is 0 Å². The van der Waals surface area contributed by atoms with Crippen molar-refractivity contribution >= 4 is 18.3 Å². The zero-order valence-electron chi connectivity index (χ0n) is 12.8. The first-order valence-corrected chi connectivity index (χ1v) is 6.97. The van der Waals surface area contributed by atoms with E-state index >= 15 is 0 Å². The van der Waals surface area contributed by atoms with E-state index < -0.39 is 0 Å². The van der Waals surface area contributed by atoms with Crippen LogP contribution in [0.5, 0.6) is 0 Å². The Bertz CT molecular complexity index is 455. The Labute approximate surface area is 116 Å². The van der Waals surface area contributed by atoms with Crippen molar-refractivity contribution in [2.24, 2.45) is 0 Å². The molecule has 1 aromatic rings. The third-order valence-electron chi connectivity index (χ3n) is 4.31. The molecule has 1 aromatic carbocycles. The molecule has 1 fully saturated rings. The van der Waals surface area contributed by atoms with Crippen molar-refractivity contribution in [1.29, 1.82) is 0 Å². The highest BCUT2D eigenvalue weighted by atomic mass is 16.7. The van der Waals surface area contributed by atoms with Crippen molar-refractivity contribution in [2.45, 2.75) is 52.2 Å². The number of hydrogen-bond acceptors (Lipinski definition) is 3. The standard InChI is InChI=1S/C15H24BNO2/c1-7-11-8-9-12(10-13(11)17-6)16-18-14(2,3)15(4,5)19-16/h8-10,17H,7H2,1-6H3. The van der Waals surface area contributed by atoms with E-state index in [1.54, 1.807) is 0 Å². The molecule has 19 heavy (non-hydrogen) atoms. The van der Waals surface area contributed by atoms with Crippen LogP contribution in [0.1, 0.15) is 40.2 Å². The van der Waals surface area contributed by atoms with E-state index in [9.17, 15) is 0 Å². The SMILES string of the molecule is CCc1ccc(B2OC(C)(C)C(C)(C)O2)cc1NC. The van der Waals surface area contributed by atoms with Gasteiger partial charge in [-0.05, 0) is 51.2 Å². The average Bonchev–Trinajstić information content (AvgIpc) is 2.57. The van der Waals surface area contributed by atoms with Gasteiger partial charge in [0.05, 0.1) is 11.2 Å². The highest BCUT2D eigenvalue weighted by Gasteiger charge is 2.51. The van der Waals surface area contributed by atoms with Gasteiger partial charge in [-0.2, -0.15) is 0 Å². The summed E-state index contributed by atoms with van der Waals surface area (Å²) in [5.74, 6) is 0. The second-order valence-corrected chi connectivity index (χ2v) is 6.11. The molecule has 0 saturated carbocycles. The summed E-state index contributed by atoms with van der Waals surface area (Å²) >= 11 is 0. The molecule has 1 N–H and O–H groups in total. The molecule has 0 atom stereocenters. The fourth-order valence-electron chi connectivity index (χ4n) is 2.26. The summed E-state index contributed by atoms with van der Waals surface area (Å²) < 4.78 is 12.1. The summed E-state index contributed by atoms with van der Waals surface area (Å²) in [7, 11) is 1.66. The normalized spacial score (nSPS) is 20.6. The fraction of sp³-hybridized carbons (Fsp3) is 0.600. The molecule has 1 saturated heterocycles. The van der Waals surface area contributed by atoms with E-state index in [-0.39, 0.29) is 18.3 Å². The number of nitrogens with one attached hydrogen (secondary N) is 1. The summed E-state index contributed by atoms with van der Waals surface area (Å²) in [5.41, 5.74) is 2.94. The molecule has 2 rings (SSSR count). The molecule has 0 amide bonds. The van der Waals surface area contributed by atoms with Crippen LogP contribution in [0.25, 0.3) is 0 Å². The highest BCUT2D eigenvalue weighted by molar-refractivity contribution is 6.62. The minimum absolute atomic E-state index is 0.289. The highest BCUT2D eigenvalue weighted by Crippen LogP contribution is 2.36. The van der Waals surface area contributed by atoms with Crippen LogP contribution >= 0.6 is 0 Å². The predicted octanol–water partition coefficient (Wildman–Crippen LogP) is 2.59. The molecule has 0 aliphatic carbocycles. The van der Waals surface area contributed by atoms with Gasteiger partial charge in [-0.3, -0.25) is 0 Å². The number of hydrogen-bond donors (Lipinski definition) is 1. The Morgan fingerprint density at radius 3 is 2.16 bits per heavy atom. The van der Waals surface area contributed by atoms with Crippen LogP contribution in [0, 0.1) is 0 Å². The van der Waals surface area contributed by atoms with E-state index in [4.69, 9.17) is 9.31 Å². The van der Waals surface area contributed by atoms with E-state index in [2.05, 4.69) is 58.1 Å². The first kappa shape index (κ1) is 14.4. The number of aryl methyl sites for hydroxylation is 1. The predicted molar refractivity (Wildman–Crippen MR) is 81.1 cm³/mol. The maximum absolute atomic E-state index is 6.07. The first-order valence-electron chi connectivity index (χ1n) is 6.97. The zero-order valence-corrected chi connectivity index (χ0v) is 12.8. The third kappa shape index (κ3) is 2.52. The van der Waals surface area contributed by atoms with Crippen molar-refractivity contribution in [3.63, 3.8) is 0 Å². The van der Waals surface area contributed by atoms with Gasteiger partial charge in [0.25, 0.3) is 0 Å². The molecule has 0 radical (unpaired) electrons. The lowest BCUT2D eigenvalue weighted by atomic mass is 9.78. The van der Waals surface area contributed by atoms with Gasteiger partial charge in [-0.25, -0.2) is 0 Å². The Kier molecular flexibility index (Phi) is 3.67. The Morgan fingerprint density at radius 2 is 1.68 bits per heavy atom. The van der Waals surface area contributed by atoms with Crippen LogP contribution in [0.3, 0.4) is 0 Å². The Morgan fingerprint density at radius 1 is 1.11 bits per heavy atom. The average molecular weight is 261 g/mol.